The molecule has 13 heavy (non-hydrogen) atoms. The van der Waals surface area contributed by atoms with Crippen LogP contribution >= 0.6 is 27.3 Å². The standard InChI is InChI=1S/C9H13BrN2S/c1-6-8(10)13-9(12-6)7-4-2-3-5-11-7/h7,11H,2-5H2,1H3. The lowest BCUT2D eigenvalue weighted by molar-refractivity contribution is 0.411. The molecule has 72 valence electrons. The van der Waals surface area contributed by atoms with Crippen LogP contribution in [0, 0.1) is 6.92 Å². The van der Waals surface area contributed by atoms with Gasteiger partial charge in [0.2, 0.25) is 0 Å². The molecule has 1 aliphatic rings. The van der Waals surface area contributed by atoms with Crippen molar-refractivity contribution in [2.75, 3.05) is 6.54 Å². The number of aryl methyl sites for hydroxylation is 1. The maximum atomic E-state index is 4.54. The van der Waals surface area contributed by atoms with Crippen LogP contribution in [0.1, 0.15) is 36.0 Å². The highest BCUT2D eigenvalue weighted by Crippen LogP contribution is 2.31. The molecule has 1 N–H and O–H groups in total. The highest BCUT2D eigenvalue weighted by atomic mass is 79.9. The topological polar surface area (TPSA) is 24.9 Å². The highest BCUT2D eigenvalue weighted by molar-refractivity contribution is 9.11. The first-order valence-electron chi connectivity index (χ1n) is 4.63. The summed E-state index contributed by atoms with van der Waals surface area (Å²) < 4.78 is 1.18. The number of rotatable bonds is 1. The first kappa shape index (κ1) is 9.62. The van der Waals surface area contributed by atoms with Gasteiger partial charge in [-0.25, -0.2) is 4.98 Å². The van der Waals surface area contributed by atoms with Gasteiger partial charge in [0, 0.05) is 0 Å². The molecular weight excluding hydrogens is 248 g/mol. The Hall–Kier alpha value is 0.0700. The van der Waals surface area contributed by atoms with E-state index in [2.05, 4.69) is 26.2 Å². The lowest BCUT2D eigenvalue weighted by Crippen LogP contribution is -2.26. The second-order valence-corrected chi connectivity index (χ2v) is 5.76. The van der Waals surface area contributed by atoms with Crippen molar-refractivity contribution < 1.29 is 0 Å². The Labute approximate surface area is 90.9 Å². The van der Waals surface area contributed by atoms with E-state index < -0.39 is 0 Å². The molecule has 0 aliphatic carbocycles. The van der Waals surface area contributed by atoms with E-state index in [-0.39, 0.29) is 0 Å². The third-order valence-electron chi connectivity index (χ3n) is 2.36. The largest absolute Gasteiger partial charge is 0.308 e. The molecule has 0 aromatic carbocycles. The maximum Gasteiger partial charge on any atom is 0.111 e. The Morgan fingerprint density at radius 1 is 1.54 bits per heavy atom. The van der Waals surface area contributed by atoms with E-state index in [0.717, 1.165) is 12.2 Å². The fourth-order valence-electron chi connectivity index (χ4n) is 1.61. The van der Waals surface area contributed by atoms with Gasteiger partial charge >= 0.3 is 0 Å². The highest BCUT2D eigenvalue weighted by Gasteiger charge is 2.18. The van der Waals surface area contributed by atoms with Crippen molar-refractivity contribution >= 4 is 27.3 Å². The summed E-state index contributed by atoms with van der Waals surface area (Å²) in [6.07, 6.45) is 3.87. The zero-order valence-corrected chi connectivity index (χ0v) is 10.0. The summed E-state index contributed by atoms with van der Waals surface area (Å²) in [6, 6.07) is 0.503. The lowest BCUT2D eigenvalue weighted by atomic mass is 10.1. The van der Waals surface area contributed by atoms with E-state index in [0.29, 0.717) is 6.04 Å². The molecule has 0 radical (unpaired) electrons. The molecule has 2 heterocycles. The maximum absolute atomic E-state index is 4.54. The second-order valence-electron chi connectivity index (χ2n) is 3.41. The number of piperidine rings is 1. The van der Waals surface area contributed by atoms with Gasteiger partial charge in [-0.15, -0.1) is 11.3 Å². The molecular formula is C9H13BrN2S. The second kappa shape index (κ2) is 4.07. The van der Waals surface area contributed by atoms with Gasteiger partial charge in [0.15, 0.2) is 0 Å². The van der Waals surface area contributed by atoms with E-state index >= 15 is 0 Å². The Morgan fingerprint density at radius 3 is 2.92 bits per heavy atom. The van der Waals surface area contributed by atoms with Crippen LogP contribution in [0.2, 0.25) is 0 Å². The van der Waals surface area contributed by atoms with Crippen molar-refractivity contribution in [3.63, 3.8) is 0 Å². The van der Waals surface area contributed by atoms with Gasteiger partial charge in [0.05, 0.1) is 15.5 Å². The number of hydrogen-bond donors (Lipinski definition) is 1. The minimum absolute atomic E-state index is 0.503. The molecule has 0 amide bonds. The molecule has 0 bridgehead atoms. The molecule has 1 unspecified atom stereocenters. The molecule has 2 rings (SSSR count). The average molecular weight is 261 g/mol. The van der Waals surface area contributed by atoms with Crippen LogP contribution in [0.15, 0.2) is 3.79 Å². The van der Waals surface area contributed by atoms with Crippen LogP contribution in [0.5, 0.6) is 0 Å². The number of halogens is 1. The molecule has 1 saturated heterocycles. The first-order chi connectivity index (χ1) is 6.27. The zero-order chi connectivity index (χ0) is 9.26. The predicted octanol–water partition coefficient (Wildman–Crippen LogP) is 3.03. The summed E-state index contributed by atoms with van der Waals surface area (Å²) in [7, 11) is 0. The van der Waals surface area contributed by atoms with Crippen LogP contribution in [0.25, 0.3) is 0 Å². The van der Waals surface area contributed by atoms with Gasteiger partial charge in [-0.2, -0.15) is 0 Å². The van der Waals surface area contributed by atoms with Gasteiger partial charge in [-0.05, 0) is 42.2 Å². The van der Waals surface area contributed by atoms with E-state index in [1.807, 2.05) is 6.92 Å². The van der Waals surface area contributed by atoms with Crippen LogP contribution < -0.4 is 5.32 Å². The Balaban J connectivity index is 2.14. The van der Waals surface area contributed by atoms with E-state index in [9.17, 15) is 0 Å². The molecule has 0 spiro atoms. The lowest BCUT2D eigenvalue weighted by Gasteiger charge is -2.21. The van der Waals surface area contributed by atoms with Crippen molar-refractivity contribution in [3.8, 4) is 0 Å². The summed E-state index contributed by atoms with van der Waals surface area (Å²) in [5.74, 6) is 0. The van der Waals surface area contributed by atoms with E-state index in [1.54, 1.807) is 11.3 Å². The quantitative estimate of drug-likeness (QED) is 0.840. The third-order valence-corrected chi connectivity index (χ3v) is 4.48. The van der Waals surface area contributed by atoms with Crippen molar-refractivity contribution in [3.05, 3.63) is 14.5 Å². The van der Waals surface area contributed by atoms with Gasteiger partial charge in [-0.3, -0.25) is 0 Å². The van der Waals surface area contributed by atoms with Crippen molar-refractivity contribution in [2.24, 2.45) is 0 Å². The fraction of sp³-hybridized carbons (Fsp3) is 0.667. The molecule has 1 atom stereocenters. The zero-order valence-electron chi connectivity index (χ0n) is 7.64. The number of thiazole rings is 1. The summed E-state index contributed by atoms with van der Waals surface area (Å²) in [4.78, 5) is 4.54. The van der Waals surface area contributed by atoms with Crippen molar-refractivity contribution in [1.82, 2.24) is 10.3 Å². The van der Waals surface area contributed by atoms with Gasteiger partial charge < -0.3 is 5.32 Å². The first-order valence-corrected chi connectivity index (χ1v) is 6.24. The van der Waals surface area contributed by atoms with Crippen LogP contribution in [-0.4, -0.2) is 11.5 Å². The van der Waals surface area contributed by atoms with Crippen molar-refractivity contribution in [2.45, 2.75) is 32.2 Å². The summed E-state index contributed by atoms with van der Waals surface area (Å²) in [6.45, 7) is 3.19. The third kappa shape index (κ3) is 2.11. The number of nitrogens with one attached hydrogen (secondary N) is 1. The van der Waals surface area contributed by atoms with E-state index in [1.165, 1.54) is 28.1 Å². The molecule has 4 heteroatoms. The van der Waals surface area contributed by atoms with Gasteiger partial charge in [-0.1, -0.05) is 6.42 Å². The molecule has 1 fully saturated rings. The monoisotopic (exact) mass is 260 g/mol. The molecule has 1 aromatic heterocycles. The van der Waals surface area contributed by atoms with Gasteiger partial charge in [0.1, 0.15) is 5.01 Å². The molecule has 1 aliphatic heterocycles. The normalized spacial score (nSPS) is 23.4. The summed E-state index contributed by atoms with van der Waals surface area (Å²) >= 11 is 5.27. The minimum atomic E-state index is 0.503. The Morgan fingerprint density at radius 2 is 2.38 bits per heavy atom. The molecule has 2 nitrogen and oxygen atoms in total. The Bertz CT molecular complexity index is 272. The van der Waals surface area contributed by atoms with Crippen LogP contribution in [0.4, 0.5) is 0 Å². The minimum Gasteiger partial charge on any atom is -0.308 e. The Kier molecular flexibility index (Phi) is 3.01. The fourth-order valence-corrected chi connectivity index (χ4v) is 3.10. The van der Waals surface area contributed by atoms with E-state index in [4.69, 9.17) is 0 Å². The molecule has 1 aromatic rings. The average Bonchev–Trinajstić information content (AvgIpc) is 2.49. The number of nitrogens with zero attached hydrogens (tertiary/aromatic N) is 1. The SMILES string of the molecule is Cc1nc(C2CCCCN2)sc1Br. The van der Waals surface area contributed by atoms with Crippen molar-refractivity contribution in [1.29, 1.82) is 0 Å². The summed E-state index contributed by atoms with van der Waals surface area (Å²) in [5, 5.41) is 4.74. The number of aromatic nitrogens is 1. The summed E-state index contributed by atoms with van der Waals surface area (Å²) in [5.41, 5.74) is 1.12. The van der Waals surface area contributed by atoms with Crippen LogP contribution in [-0.2, 0) is 0 Å². The molecule has 0 saturated carbocycles. The van der Waals surface area contributed by atoms with Crippen LogP contribution in [0.3, 0.4) is 0 Å². The van der Waals surface area contributed by atoms with Gasteiger partial charge in [0.25, 0.3) is 0 Å². The predicted molar refractivity (Wildman–Crippen MR) is 59.1 cm³/mol. The smallest absolute Gasteiger partial charge is 0.111 e. The number of hydrogen-bond acceptors (Lipinski definition) is 3.